The van der Waals surface area contributed by atoms with Gasteiger partial charge in [-0.15, -0.1) is 11.3 Å². The largest absolute Gasteiger partial charge is 0.481 e. The number of carboxylic acids is 1. The number of nitrogens with zero attached hydrogens (tertiary/aromatic N) is 1. The molecule has 0 saturated heterocycles. The summed E-state index contributed by atoms with van der Waals surface area (Å²) in [5.41, 5.74) is -0.150. The van der Waals surface area contributed by atoms with Gasteiger partial charge in [-0.1, -0.05) is 6.92 Å². The van der Waals surface area contributed by atoms with Crippen LogP contribution in [-0.4, -0.2) is 34.2 Å². The van der Waals surface area contributed by atoms with Crippen LogP contribution in [0.2, 0.25) is 0 Å². The highest BCUT2D eigenvalue weighted by Gasteiger charge is 2.56. The van der Waals surface area contributed by atoms with Crippen molar-refractivity contribution in [2.45, 2.75) is 59.1 Å². The Labute approximate surface area is 145 Å². The van der Waals surface area contributed by atoms with Gasteiger partial charge in [0, 0.05) is 23.3 Å². The van der Waals surface area contributed by atoms with E-state index in [4.69, 9.17) is 4.74 Å². The zero-order chi connectivity index (χ0) is 18.1. The van der Waals surface area contributed by atoms with Crippen molar-refractivity contribution in [2.24, 2.45) is 5.41 Å². The van der Waals surface area contributed by atoms with Crippen molar-refractivity contribution in [3.05, 3.63) is 27.9 Å². The highest BCUT2D eigenvalue weighted by Crippen LogP contribution is 2.50. The van der Waals surface area contributed by atoms with Crippen molar-refractivity contribution in [1.29, 1.82) is 0 Å². The second kappa shape index (κ2) is 6.93. The third-order valence-corrected chi connectivity index (χ3v) is 5.50. The van der Waals surface area contributed by atoms with E-state index in [-0.39, 0.29) is 12.1 Å². The van der Waals surface area contributed by atoms with Gasteiger partial charge in [0.15, 0.2) is 0 Å². The van der Waals surface area contributed by atoms with Crippen molar-refractivity contribution in [3.8, 4) is 0 Å². The first kappa shape index (κ1) is 18.4. The van der Waals surface area contributed by atoms with E-state index in [2.05, 4.69) is 10.3 Å². The Hall–Kier alpha value is -1.89. The van der Waals surface area contributed by atoms with E-state index >= 15 is 0 Å². The van der Waals surface area contributed by atoms with Gasteiger partial charge in [-0.05, 0) is 34.1 Å². The molecule has 2 N–H and O–H groups in total. The first-order chi connectivity index (χ1) is 11.3. The summed E-state index contributed by atoms with van der Waals surface area (Å²) in [6.07, 6.45) is 1.72. The van der Waals surface area contributed by atoms with Crippen LogP contribution < -0.4 is 5.32 Å². The molecule has 0 amide bonds. The van der Waals surface area contributed by atoms with Gasteiger partial charge in [-0.3, -0.25) is 4.79 Å². The minimum Gasteiger partial charge on any atom is -0.481 e. The second-order valence-electron chi connectivity index (χ2n) is 6.36. The summed E-state index contributed by atoms with van der Waals surface area (Å²) in [5.74, 6) is -2.06. The number of nitrogens with one attached hydrogen (secondary N) is 1. The fourth-order valence-corrected chi connectivity index (χ4v) is 4.34. The molecule has 1 aliphatic heterocycles. The predicted octanol–water partition coefficient (Wildman–Crippen LogP) is 2.93. The number of aromatic nitrogens is 1. The van der Waals surface area contributed by atoms with Crippen LogP contribution in [0.25, 0.3) is 0 Å². The molecule has 0 radical (unpaired) electrons. The number of rotatable bonds is 5. The van der Waals surface area contributed by atoms with Gasteiger partial charge in [0.25, 0.3) is 0 Å². The zero-order valence-electron chi connectivity index (χ0n) is 14.6. The van der Waals surface area contributed by atoms with Crippen molar-refractivity contribution in [3.63, 3.8) is 0 Å². The maximum absolute atomic E-state index is 12.7. The maximum Gasteiger partial charge on any atom is 0.336 e. The topological polar surface area (TPSA) is 88.5 Å². The number of hydrogen-bond acceptors (Lipinski definition) is 6. The molecule has 2 heterocycles. The lowest BCUT2D eigenvalue weighted by molar-refractivity contribution is -0.153. The normalized spacial score (nSPS) is 27.1. The third-order valence-electron chi connectivity index (χ3n) is 4.66. The molecule has 1 aromatic rings. The molecule has 0 fully saturated rings. The minimum atomic E-state index is -1.16. The SMILES string of the molecule is CCC1(C(=O)O)C(C)NC(C)=C(C(=O)OC(C)C)C1c1nccs1. The Balaban J connectivity index is 2.68. The minimum absolute atomic E-state index is 0.282. The molecule has 3 atom stereocenters. The number of hydrogen-bond donors (Lipinski definition) is 2. The maximum atomic E-state index is 12.7. The van der Waals surface area contributed by atoms with Crippen LogP contribution in [0.15, 0.2) is 22.8 Å². The van der Waals surface area contributed by atoms with E-state index in [1.807, 2.05) is 13.8 Å². The van der Waals surface area contributed by atoms with Gasteiger partial charge in [0.05, 0.1) is 17.6 Å². The lowest BCUT2D eigenvalue weighted by Gasteiger charge is -2.45. The Kier molecular flexibility index (Phi) is 5.32. The molecule has 0 aromatic carbocycles. The van der Waals surface area contributed by atoms with Crippen LogP contribution in [0.3, 0.4) is 0 Å². The number of aliphatic carboxylic acids is 1. The summed E-state index contributed by atoms with van der Waals surface area (Å²) in [6.45, 7) is 9.01. The highest BCUT2D eigenvalue weighted by atomic mass is 32.1. The molecule has 7 heteroatoms. The molecular formula is C17H24N2O4S. The number of carbonyl (C=O) groups is 2. The second-order valence-corrected chi connectivity index (χ2v) is 7.29. The summed E-state index contributed by atoms with van der Waals surface area (Å²) >= 11 is 1.36. The molecule has 0 aliphatic carbocycles. The lowest BCUT2D eigenvalue weighted by Crippen LogP contribution is -2.56. The van der Waals surface area contributed by atoms with Crippen LogP contribution in [0, 0.1) is 5.41 Å². The number of ether oxygens (including phenoxy) is 1. The zero-order valence-corrected chi connectivity index (χ0v) is 15.4. The van der Waals surface area contributed by atoms with E-state index in [1.54, 1.807) is 32.3 Å². The molecule has 132 valence electrons. The van der Waals surface area contributed by atoms with Crippen molar-refractivity contribution in [2.75, 3.05) is 0 Å². The highest BCUT2D eigenvalue weighted by molar-refractivity contribution is 7.09. The molecule has 24 heavy (non-hydrogen) atoms. The van der Waals surface area contributed by atoms with Crippen LogP contribution in [0.1, 0.15) is 52.0 Å². The molecule has 1 aromatic heterocycles. The van der Waals surface area contributed by atoms with Gasteiger partial charge in [0.1, 0.15) is 10.4 Å². The van der Waals surface area contributed by atoms with Crippen molar-refractivity contribution >= 4 is 23.3 Å². The molecule has 1 aliphatic rings. The van der Waals surface area contributed by atoms with E-state index in [1.165, 1.54) is 11.3 Å². The van der Waals surface area contributed by atoms with Gasteiger partial charge in [0.2, 0.25) is 0 Å². The molecule has 3 unspecified atom stereocenters. The average Bonchev–Trinajstić information content (AvgIpc) is 2.99. The third kappa shape index (κ3) is 2.92. The summed E-state index contributed by atoms with van der Waals surface area (Å²) in [5, 5.41) is 15.7. The van der Waals surface area contributed by atoms with Gasteiger partial charge >= 0.3 is 11.9 Å². The number of allylic oxidation sites excluding steroid dienone is 1. The number of thiazole rings is 1. The van der Waals surface area contributed by atoms with Crippen LogP contribution in [0.4, 0.5) is 0 Å². The Morgan fingerprint density at radius 3 is 2.62 bits per heavy atom. The number of carbonyl (C=O) groups excluding carboxylic acids is 1. The first-order valence-corrected chi connectivity index (χ1v) is 8.94. The lowest BCUT2D eigenvalue weighted by atomic mass is 9.63. The Bertz CT molecular complexity index is 654. The van der Waals surface area contributed by atoms with Crippen LogP contribution in [0.5, 0.6) is 0 Å². The van der Waals surface area contributed by atoms with Crippen molar-refractivity contribution < 1.29 is 19.4 Å². The Morgan fingerprint density at radius 1 is 1.50 bits per heavy atom. The molecule has 0 bridgehead atoms. The fraction of sp³-hybridized carbons (Fsp3) is 0.588. The van der Waals surface area contributed by atoms with E-state index in [0.29, 0.717) is 22.7 Å². The van der Waals surface area contributed by atoms with E-state index < -0.39 is 23.3 Å². The summed E-state index contributed by atoms with van der Waals surface area (Å²) in [7, 11) is 0. The van der Waals surface area contributed by atoms with Gasteiger partial charge < -0.3 is 15.2 Å². The van der Waals surface area contributed by atoms with Crippen molar-refractivity contribution in [1.82, 2.24) is 10.3 Å². The quantitative estimate of drug-likeness (QED) is 0.792. The van der Waals surface area contributed by atoms with E-state index in [9.17, 15) is 14.7 Å². The number of carboxylic acid groups (broad SMARTS) is 1. The smallest absolute Gasteiger partial charge is 0.336 e. The van der Waals surface area contributed by atoms with Gasteiger partial charge in [-0.2, -0.15) is 0 Å². The monoisotopic (exact) mass is 352 g/mol. The molecule has 6 nitrogen and oxygen atoms in total. The standard InChI is InChI=1S/C17H24N2O4S/c1-6-17(16(21)22)11(5)19-10(4)12(15(20)23-9(2)3)13(17)14-18-7-8-24-14/h7-9,11,13,19H,6H2,1-5H3,(H,21,22). The number of esters is 1. The van der Waals surface area contributed by atoms with E-state index in [0.717, 1.165) is 0 Å². The molecule has 0 saturated carbocycles. The summed E-state index contributed by atoms with van der Waals surface area (Å²) < 4.78 is 5.39. The average molecular weight is 352 g/mol. The fourth-order valence-electron chi connectivity index (χ4n) is 3.49. The van der Waals surface area contributed by atoms with Crippen LogP contribution >= 0.6 is 11.3 Å². The Morgan fingerprint density at radius 2 is 2.17 bits per heavy atom. The van der Waals surface area contributed by atoms with Crippen LogP contribution in [-0.2, 0) is 14.3 Å². The molecular weight excluding hydrogens is 328 g/mol. The predicted molar refractivity (Wildman–Crippen MR) is 91.7 cm³/mol. The summed E-state index contributed by atoms with van der Waals surface area (Å²) in [6, 6.07) is -0.343. The molecule has 0 spiro atoms. The first-order valence-electron chi connectivity index (χ1n) is 8.06. The molecule has 2 rings (SSSR count). The summed E-state index contributed by atoms with van der Waals surface area (Å²) in [4.78, 5) is 29.3. The van der Waals surface area contributed by atoms with Gasteiger partial charge in [-0.25, -0.2) is 9.78 Å².